The van der Waals surface area contributed by atoms with Gasteiger partial charge in [-0.3, -0.25) is 13.9 Å². The van der Waals surface area contributed by atoms with Crippen molar-refractivity contribution in [2.24, 2.45) is 5.92 Å². The van der Waals surface area contributed by atoms with Crippen molar-refractivity contribution in [3.05, 3.63) is 102 Å². The lowest BCUT2D eigenvalue weighted by Gasteiger charge is -2.32. The second-order valence-corrected chi connectivity index (χ2v) is 12.5. The Morgan fingerprint density at radius 3 is 1.98 bits per heavy atom. The third-order valence-electron chi connectivity index (χ3n) is 6.63. The van der Waals surface area contributed by atoms with Crippen LogP contribution in [0.15, 0.2) is 84.9 Å². The van der Waals surface area contributed by atoms with Crippen LogP contribution in [-0.4, -0.2) is 50.5 Å². The number of aryl methyl sites for hydroxylation is 1. The largest absolute Gasteiger partial charge is 0.354 e. The predicted molar refractivity (Wildman–Crippen MR) is 161 cm³/mol. The summed E-state index contributed by atoms with van der Waals surface area (Å²) in [4.78, 5) is 29.0. The van der Waals surface area contributed by atoms with Crippen LogP contribution < -0.4 is 9.62 Å². The van der Waals surface area contributed by atoms with Gasteiger partial charge in [0.05, 0.1) is 11.9 Å². The molecule has 0 aliphatic heterocycles. The van der Waals surface area contributed by atoms with Gasteiger partial charge in [0.15, 0.2) is 0 Å². The summed E-state index contributed by atoms with van der Waals surface area (Å²) in [6.45, 7) is 6.95. The van der Waals surface area contributed by atoms with Gasteiger partial charge in [-0.05, 0) is 42.5 Å². The first-order valence-electron chi connectivity index (χ1n) is 13.7. The summed E-state index contributed by atoms with van der Waals surface area (Å²) in [5.41, 5.74) is 3.48. The van der Waals surface area contributed by atoms with Crippen LogP contribution in [0.3, 0.4) is 0 Å². The highest BCUT2D eigenvalue weighted by Gasteiger charge is 2.30. The number of hydrogen-bond donors (Lipinski definition) is 1. The average molecular weight is 564 g/mol. The normalized spacial score (nSPS) is 12.1. The maximum atomic E-state index is 13.8. The molecule has 0 spiro atoms. The molecule has 214 valence electrons. The number of nitrogens with one attached hydrogen (secondary N) is 1. The van der Waals surface area contributed by atoms with Gasteiger partial charge in [-0.1, -0.05) is 92.2 Å². The third kappa shape index (κ3) is 9.52. The molecule has 0 saturated carbocycles. The van der Waals surface area contributed by atoms with Crippen molar-refractivity contribution in [3.63, 3.8) is 0 Å². The van der Waals surface area contributed by atoms with E-state index in [9.17, 15) is 18.0 Å². The number of carbonyl (C=O) groups excluding carboxylic acids is 2. The van der Waals surface area contributed by atoms with Crippen LogP contribution in [0.4, 0.5) is 5.69 Å². The lowest BCUT2D eigenvalue weighted by atomic mass is 10.0. The van der Waals surface area contributed by atoms with Crippen LogP contribution in [0.1, 0.15) is 43.4 Å². The Hall–Kier alpha value is -3.65. The summed E-state index contributed by atoms with van der Waals surface area (Å²) in [6, 6.07) is 25.9. The highest BCUT2D eigenvalue weighted by molar-refractivity contribution is 7.92. The van der Waals surface area contributed by atoms with Gasteiger partial charge in [0.2, 0.25) is 21.8 Å². The molecule has 40 heavy (non-hydrogen) atoms. The van der Waals surface area contributed by atoms with Crippen LogP contribution in [-0.2, 0) is 32.6 Å². The molecule has 1 atom stereocenters. The predicted octanol–water partition coefficient (Wildman–Crippen LogP) is 4.95. The smallest absolute Gasteiger partial charge is 0.243 e. The van der Waals surface area contributed by atoms with Gasteiger partial charge in [0, 0.05) is 32.5 Å². The SMILES string of the molecule is Cc1ccc(N(CCCC(=O)N(Cc2ccccc2)[C@H](Cc2ccccc2)C(=O)NCC(C)C)S(C)(=O)=O)cc1. The lowest BCUT2D eigenvalue weighted by Crippen LogP contribution is -2.51. The Morgan fingerprint density at radius 2 is 1.43 bits per heavy atom. The molecule has 3 aromatic rings. The van der Waals surface area contributed by atoms with Gasteiger partial charge < -0.3 is 10.2 Å². The zero-order chi connectivity index (χ0) is 29.1. The molecule has 0 radical (unpaired) electrons. The molecular formula is C32H41N3O4S. The highest BCUT2D eigenvalue weighted by atomic mass is 32.2. The molecule has 7 nitrogen and oxygen atoms in total. The van der Waals surface area contributed by atoms with Gasteiger partial charge in [0.25, 0.3) is 0 Å². The van der Waals surface area contributed by atoms with E-state index >= 15 is 0 Å². The first kappa shape index (κ1) is 30.9. The van der Waals surface area contributed by atoms with E-state index in [1.165, 1.54) is 10.6 Å². The minimum Gasteiger partial charge on any atom is -0.354 e. The minimum absolute atomic E-state index is 0.105. The standard InChI is InChI=1S/C32H41N3O4S/c1-25(2)23-33-32(37)30(22-27-12-7-5-8-13-27)34(24-28-14-9-6-10-15-28)31(36)16-11-21-35(40(4,38)39)29-19-17-26(3)18-20-29/h5-10,12-15,17-20,25,30H,11,16,21-24H2,1-4H3,(H,33,37)/t30-/m1/s1. The summed E-state index contributed by atoms with van der Waals surface area (Å²) < 4.78 is 26.5. The third-order valence-corrected chi connectivity index (χ3v) is 7.82. The molecule has 0 saturated heterocycles. The minimum atomic E-state index is -3.54. The second kappa shape index (κ2) is 14.7. The van der Waals surface area contributed by atoms with E-state index in [-0.39, 0.29) is 37.2 Å². The topological polar surface area (TPSA) is 86.8 Å². The Labute approximate surface area is 239 Å². The van der Waals surface area contributed by atoms with Crippen molar-refractivity contribution < 1.29 is 18.0 Å². The van der Waals surface area contributed by atoms with Crippen molar-refractivity contribution in [1.82, 2.24) is 10.2 Å². The lowest BCUT2D eigenvalue weighted by molar-refractivity contribution is -0.141. The van der Waals surface area contributed by atoms with E-state index in [0.29, 0.717) is 25.1 Å². The molecule has 0 bridgehead atoms. The molecule has 8 heteroatoms. The number of rotatable bonds is 14. The second-order valence-electron chi connectivity index (χ2n) is 10.6. The molecule has 0 aliphatic rings. The number of amides is 2. The zero-order valence-corrected chi connectivity index (χ0v) is 24.7. The quantitative estimate of drug-likeness (QED) is 0.301. The Bertz CT molecular complexity index is 1330. The molecule has 1 N–H and O–H groups in total. The Balaban J connectivity index is 1.85. The molecule has 2 amide bonds. The van der Waals surface area contributed by atoms with Crippen molar-refractivity contribution in [1.29, 1.82) is 0 Å². The molecule has 0 unspecified atom stereocenters. The van der Waals surface area contributed by atoms with Crippen molar-refractivity contribution >= 4 is 27.5 Å². The van der Waals surface area contributed by atoms with E-state index in [1.54, 1.807) is 17.0 Å². The van der Waals surface area contributed by atoms with Gasteiger partial charge >= 0.3 is 0 Å². The van der Waals surface area contributed by atoms with E-state index in [0.717, 1.165) is 16.7 Å². The fourth-order valence-corrected chi connectivity index (χ4v) is 5.44. The van der Waals surface area contributed by atoms with Gasteiger partial charge in [0.1, 0.15) is 6.04 Å². The zero-order valence-electron chi connectivity index (χ0n) is 23.9. The monoisotopic (exact) mass is 563 g/mol. The Kier molecular flexibility index (Phi) is 11.3. The van der Waals surface area contributed by atoms with Crippen LogP contribution in [0.2, 0.25) is 0 Å². The fraction of sp³-hybridized carbons (Fsp3) is 0.375. The number of anilines is 1. The highest BCUT2D eigenvalue weighted by Crippen LogP contribution is 2.21. The van der Waals surface area contributed by atoms with Gasteiger partial charge in [-0.15, -0.1) is 0 Å². The summed E-state index contributed by atoms with van der Waals surface area (Å²) in [5, 5.41) is 3.02. The summed E-state index contributed by atoms with van der Waals surface area (Å²) >= 11 is 0. The summed E-state index contributed by atoms with van der Waals surface area (Å²) in [6.07, 6.45) is 1.97. The molecule has 0 fully saturated rings. The molecule has 0 heterocycles. The molecular weight excluding hydrogens is 522 g/mol. The number of benzene rings is 3. The number of hydrogen-bond acceptors (Lipinski definition) is 4. The molecule has 3 aromatic carbocycles. The maximum Gasteiger partial charge on any atom is 0.243 e. The maximum absolute atomic E-state index is 13.8. The fourth-order valence-electron chi connectivity index (χ4n) is 4.47. The van der Waals surface area contributed by atoms with E-state index in [4.69, 9.17) is 0 Å². The Morgan fingerprint density at radius 1 is 0.850 bits per heavy atom. The van der Waals surface area contributed by atoms with Gasteiger partial charge in [-0.2, -0.15) is 0 Å². The first-order valence-corrected chi connectivity index (χ1v) is 15.6. The first-order chi connectivity index (χ1) is 19.0. The van der Waals surface area contributed by atoms with Crippen LogP contribution in [0.25, 0.3) is 0 Å². The van der Waals surface area contributed by atoms with E-state index < -0.39 is 16.1 Å². The molecule has 3 rings (SSSR count). The average Bonchev–Trinajstić information content (AvgIpc) is 2.92. The molecule has 0 aromatic heterocycles. The van der Waals surface area contributed by atoms with Crippen molar-refractivity contribution in [2.75, 3.05) is 23.7 Å². The molecule has 0 aliphatic carbocycles. The van der Waals surface area contributed by atoms with Crippen LogP contribution in [0, 0.1) is 12.8 Å². The van der Waals surface area contributed by atoms with Crippen molar-refractivity contribution in [3.8, 4) is 0 Å². The number of nitrogens with zero attached hydrogens (tertiary/aromatic N) is 2. The van der Waals surface area contributed by atoms with E-state index in [2.05, 4.69) is 5.32 Å². The van der Waals surface area contributed by atoms with E-state index in [1.807, 2.05) is 93.6 Å². The number of sulfonamides is 1. The van der Waals surface area contributed by atoms with Crippen molar-refractivity contribution in [2.45, 2.75) is 52.6 Å². The summed E-state index contributed by atoms with van der Waals surface area (Å²) in [7, 11) is -3.54. The number of carbonyl (C=O) groups is 2. The summed E-state index contributed by atoms with van der Waals surface area (Å²) in [5.74, 6) is -0.121. The van der Waals surface area contributed by atoms with Crippen LogP contribution >= 0.6 is 0 Å². The van der Waals surface area contributed by atoms with Gasteiger partial charge in [-0.25, -0.2) is 8.42 Å². The van der Waals surface area contributed by atoms with Crippen LogP contribution in [0.5, 0.6) is 0 Å².